The summed E-state index contributed by atoms with van der Waals surface area (Å²) in [6.45, 7) is 0. The van der Waals surface area contributed by atoms with Gasteiger partial charge >= 0.3 is 17.2 Å². The highest BCUT2D eigenvalue weighted by Crippen LogP contribution is 2.24. The van der Waals surface area contributed by atoms with E-state index in [-0.39, 0.29) is 0 Å². The third-order valence-electron chi connectivity index (χ3n) is 2.22. The smallest absolute Gasteiger partial charge is 0.411 e. The van der Waals surface area contributed by atoms with Crippen LogP contribution in [-0.2, 0) is 4.74 Å². The van der Waals surface area contributed by atoms with Gasteiger partial charge in [0, 0.05) is 4.47 Å². The molecular weight excluding hydrogens is 306 g/mol. The van der Waals surface area contributed by atoms with E-state index >= 15 is 0 Å². The number of anilines is 1. The van der Waals surface area contributed by atoms with Gasteiger partial charge in [-0.15, -0.1) is 0 Å². The number of benzene rings is 1. The Morgan fingerprint density at radius 1 is 1.28 bits per heavy atom. The zero-order valence-electron chi connectivity index (χ0n) is 9.17. The lowest BCUT2D eigenvalue weighted by Crippen LogP contribution is -2.29. The second-order valence-corrected chi connectivity index (χ2v) is 4.32. The van der Waals surface area contributed by atoms with Crippen molar-refractivity contribution in [3.05, 3.63) is 37.3 Å². The minimum absolute atomic E-state index is 0.313. The second kappa shape index (κ2) is 4.65. The van der Waals surface area contributed by atoms with Crippen molar-refractivity contribution in [2.75, 3.05) is 12.4 Å². The van der Waals surface area contributed by atoms with Crippen LogP contribution in [0, 0.1) is 0 Å². The molecular formula is C10H8BrN3O4. The monoisotopic (exact) mass is 313 g/mol. The molecule has 0 atom stereocenters. The molecule has 0 bridgehead atoms. The van der Waals surface area contributed by atoms with Crippen LogP contribution < -0.4 is 16.4 Å². The van der Waals surface area contributed by atoms with Crippen molar-refractivity contribution in [3.8, 4) is 0 Å². The number of halogens is 1. The van der Waals surface area contributed by atoms with Crippen LogP contribution >= 0.6 is 15.9 Å². The summed E-state index contributed by atoms with van der Waals surface area (Å²) < 4.78 is 5.10. The molecule has 18 heavy (non-hydrogen) atoms. The Balaban J connectivity index is 2.72. The fourth-order valence-electron chi connectivity index (χ4n) is 1.45. The molecule has 0 unspecified atom stereocenters. The predicted molar refractivity (Wildman–Crippen MR) is 68.9 cm³/mol. The average Bonchev–Trinajstić information content (AvgIpc) is 2.31. The van der Waals surface area contributed by atoms with Gasteiger partial charge in [-0.1, -0.05) is 15.9 Å². The summed E-state index contributed by atoms with van der Waals surface area (Å²) in [7, 11) is 1.22. The molecule has 1 aromatic heterocycles. The van der Waals surface area contributed by atoms with Gasteiger partial charge in [-0.05, 0) is 12.1 Å². The van der Waals surface area contributed by atoms with E-state index in [0.717, 1.165) is 0 Å². The van der Waals surface area contributed by atoms with Crippen molar-refractivity contribution in [1.29, 1.82) is 0 Å². The summed E-state index contributed by atoms with van der Waals surface area (Å²) in [4.78, 5) is 38.5. The van der Waals surface area contributed by atoms with Crippen LogP contribution in [0.2, 0.25) is 0 Å². The quantitative estimate of drug-likeness (QED) is 0.687. The number of methoxy groups -OCH3 is 1. The van der Waals surface area contributed by atoms with Crippen LogP contribution in [0.3, 0.4) is 0 Å². The van der Waals surface area contributed by atoms with Crippen molar-refractivity contribution >= 4 is 38.7 Å². The van der Waals surface area contributed by atoms with Gasteiger partial charge in [-0.25, -0.2) is 4.79 Å². The molecule has 1 amide bonds. The first-order valence-corrected chi connectivity index (χ1v) is 5.61. The maximum absolute atomic E-state index is 11.3. The maximum Gasteiger partial charge on any atom is 0.411 e. The van der Waals surface area contributed by atoms with Gasteiger partial charge in [0.15, 0.2) is 0 Å². The summed E-state index contributed by atoms with van der Waals surface area (Å²) in [5.41, 5.74) is -0.532. The Morgan fingerprint density at radius 2 is 1.94 bits per heavy atom. The summed E-state index contributed by atoms with van der Waals surface area (Å²) >= 11 is 3.23. The summed E-state index contributed by atoms with van der Waals surface area (Å²) in [5.74, 6) is 0. The van der Waals surface area contributed by atoms with Gasteiger partial charge < -0.3 is 14.7 Å². The van der Waals surface area contributed by atoms with Crippen molar-refractivity contribution in [2.24, 2.45) is 0 Å². The number of aromatic amines is 2. The molecule has 0 aliphatic carbocycles. The van der Waals surface area contributed by atoms with Crippen LogP contribution in [0.25, 0.3) is 11.0 Å². The van der Waals surface area contributed by atoms with Crippen LogP contribution in [0.15, 0.2) is 26.2 Å². The van der Waals surface area contributed by atoms with Crippen LogP contribution in [0.5, 0.6) is 0 Å². The summed E-state index contributed by atoms with van der Waals surface area (Å²) in [6, 6.07) is 3.18. The molecule has 7 nitrogen and oxygen atoms in total. The van der Waals surface area contributed by atoms with Gasteiger partial charge in [-0.3, -0.25) is 14.9 Å². The van der Waals surface area contributed by atoms with E-state index in [2.05, 4.69) is 36.0 Å². The Bertz CT molecular complexity index is 734. The second-order valence-electron chi connectivity index (χ2n) is 3.40. The first kappa shape index (κ1) is 12.4. The molecule has 0 saturated heterocycles. The van der Waals surface area contributed by atoms with E-state index in [1.54, 1.807) is 12.1 Å². The minimum Gasteiger partial charge on any atom is -0.453 e. The number of amides is 1. The maximum atomic E-state index is 11.3. The third kappa shape index (κ3) is 2.28. The van der Waals surface area contributed by atoms with Crippen molar-refractivity contribution in [2.45, 2.75) is 0 Å². The highest BCUT2D eigenvalue weighted by Gasteiger charge is 2.09. The van der Waals surface area contributed by atoms with Crippen molar-refractivity contribution in [3.63, 3.8) is 0 Å². The number of rotatable bonds is 1. The van der Waals surface area contributed by atoms with Crippen LogP contribution in [-0.4, -0.2) is 23.2 Å². The van der Waals surface area contributed by atoms with Gasteiger partial charge in [0.1, 0.15) is 0 Å². The van der Waals surface area contributed by atoms with E-state index in [9.17, 15) is 14.4 Å². The van der Waals surface area contributed by atoms with Crippen molar-refractivity contribution < 1.29 is 9.53 Å². The number of hydrogen-bond donors (Lipinski definition) is 3. The topological polar surface area (TPSA) is 104 Å². The Hall–Kier alpha value is -2.09. The average molecular weight is 314 g/mol. The summed E-state index contributed by atoms with van der Waals surface area (Å²) in [5, 5.41) is 2.44. The van der Waals surface area contributed by atoms with Gasteiger partial charge in [-0.2, -0.15) is 0 Å². The molecule has 1 aromatic carbocycles. The Labute approximate surface area is 108 Å². The number of ether oxygens (including phenoxy) is 1. The molecule has 3 N–H and O–H groups in total. The highest BCUT2D eigenvalue weighted by atomic mass is 79.9. The van der Waals surface area contributed by atoms with E-state index in [1.807, 2.05) is 0 Å². The lowest BCUT2D eigenvalue weighted by molar-refractivity contribution is 0.187. The summed E-state index contributed by atoms with van der Waals surface area (Å²) in [6.07, 6.45) is -0.679. The van der Waals surface area contributed by atoms with Crippen LogP contribution in [0.4, 0.5) is 10.5 Å². The fraction of sp³-hybridized carbons (Fsp3) is 0.100. The molecule has 0 aliphatic rings. The largest absolute Gasteiger partial charge is 0.453 e. The number of carbonyl (C=O) groups excluding carboxylic acids is 1. The molecule has 0 saturated carbocycles. The van der Waals surface area contributed by atoms with Gasteiger partial charge in [0.2, 0.25) is 0 Å². The van der Waals surface area contributed by atoms with E-state index in [1.165, 1.54) is 7.11 Å². The SMILES string of the molecule is COC(=O)Nc1cc(Br)cc2[nH]c(=O)c(=O)[nH]c12. The number of H-pyrrole nitrogens is 2. The predicted octanol–water partition coefficient (Wildman–Crippen LogP) is 1.16. The molecule has 2 aromatic rings. The Morgan fingerprint density at radius 3 is 2.61 bits per heavy atom. The van der Waals surface area contributed by atoms with Gasteiger partial charge in [0.05, 0.1) is 23.8 Å². The third-order valence-corrected chi connectivity index (χ3v) is 2.68. The number of aromatic nitrogens is 2. The molecule has 0 aliphatic heterocycles. The normalized spacial score (nSPS) is 10.3. The number of fused-ring (bicyclic) bond motifs is 1. The number of hydrogen-bond acceptors (Lipinski definition) is 4. The zero-order valence-corrected chi connectivity index (χ0v) is 10.8. The molecule has 0 spiro atoms. The lowest BCUT2D eigenvalue weighted by Gasteiger charge is -2.07. The highest BCUT2D eigenvalue weighted by molar-refractivity contribution is 9.10. The molecule has 8 heteroatoms. The number of nitrogens with one attached hydrogen (secondary N) is 3. The number of carbonyl (C=O) groups is 1. The minimum atomic E-state index is -0.794. The first-order chi connectivity index (χ1) is 8.51. The van der Waals surface area contributed by atoms with E-state index in [0.29, 0.717) is 21.2 Å². The van der Waals surface area contributed by atoms with E-state index in [4.69, 9.17) is 0 Å². The van der Waals surface area contributed by atoms with E-state index < -0.39 is 17.2 Å². The van der Waals surface area contributed by atoms with Crippen LogP contribution in [0.1, 0.15) is 0 Å². The zero-order chi connectivity index (χ0) is 13.3. The molecule has 1 heterocycles. The lowest BCUT2D eigenvalue weighted by atomic mass is 10.2. The Kier molecular flexibility index (Phi) is 3.19. The fourth-order valence-corrected chi connectivity index (χ4v) is 1.91. The van der Waals surface area contributed by atoms with Crippen molar-refractivity contribution in [1.82, 2.24) is 9.97 Å². The molecule has 0 radical (unpaired) electrons. The first-order valence-electron chi connectivity index (χ1n) is 4.82. The molecule has 0 fully saturated rings. The van der Waals surface area contributed by atoms with Gasteiger partial charge in [0.25, 0.3) is 0 Å². The molecule has 94 valence electrons. The standard InChI is InChI=1S/C10H8BrN3O4/c1-18-10(17)13-6-3-4(11)2-5-7(6)14-9(16)8(15)12-5/h2-3H,1H3,(H,12,15)(H,13,17)(H,14,16). The molecule has 2 rings (SSSR count).